The summed E-state index contributed by atoms with van der Waals surface area (Å²) < 4.78 is 0. The molecule has 0 spiro atoms. The highest BCUT2D eigenvalue weighted by molar-refractivity contribution is 5.85. The van der Waals surface area contributed by atoms with Crippen LogP contribution in [0.5, 0.6) is 0 Å². The van der Waals surface area contributed by atoms with Crippen molar-refractivity contribution in [3.63, 3.8) is 0 Å². The Bertz CT molecular complexity index is 322. The third kappa shape index (κ3) is 3.09. The largest absolute Gasteiger partial charge is 0.363 e. The average molecular weight is 242 g/mol. The van der Waals surface area contributed by atoms with E-state index in [4.69, 9.17) is 0 Å². The molecule has 1 aromatic rings. The van der Waals surface area contributed by atoms with Gasteiger partial charge in [-0.25, -0.2) is 4.98 Å². The van der Waals surface area contributed by atoms with Crippen LogP contribution in [0.25, 0.3) is 0 Å². The summed E-state index contributed by atoms with van der Waals surface area (Å²) in [6.45, 7) is 2.23. The number of halogens is 1. The maximum atomic E-state index is 4.68. The molecule has 1 aliphatic heterocycles. The summed E-state index contributed by atoms with van der Waals surface area (Å²) in [6, 6.07) is 6.30. The lowest BCUT2D eigenvalue weighted by atomic mass is 9.96. The topological polar surface area (TPSA) is 28.2 Å². The SMILES string of the molecule is CN(C)c1cccc(C2CCCNC2)n1.Cl. The van der Waals surface area contributed by atoms with Crippen LogP contribution in [0.4, 0.5) is 5.82 Å². The number of hydrogen-bond acceptors (Lipinski definition) is 3. The third-order valence-corrected chi connectivity index (χ3v) is 2.93. The Hall–Kier alpha value is -0.800. The fourth-order valence-corrected chi connectivity index (χ4v) is 2.02. The van der Waals surface area contributed by atoms with Gasteiger partial charge in [0.05, 0.1) is 0 Å². The van der Waals surface area contributed by atoms with E-state index in [1.165, 1.54) is 18.5 Å². The van der Waals surface area contributed by atoms with Gasteiger partial charge in [0.25, 0.3) is 0 Å². The summed E-state index contributed by atoms with van der Waals surface area (Å²) >= 11 is 0. The highest BCUT2D eigenvalue weighted by atomic mass is 35.5. The molecule has 0 bridgehead atoms. The Kier molecular flexibility index (Phi) is 5.03. The van der Waals surface area contributed by atoms with E-state index < -0.39 is 0 Å². The van der Waals surface area contributed by atoms with Gasteiger partial charge in [0.2, 0.25) is 0 Å². The molecule has 1 unspecified atom stereocenters. The quantitative estimate of drug-likeness (QED) is 0.859. The predicted molar refractivity (Wildman–Crippen MR) is 70.7 cm³/mol. The third-order valence-electron chi connectivity index (χ3n) is 2.93. The van der Waals surface area contributed by atoms with Crippen LogP contribution in [0.3, 0.4) is 0 Å². The summed E-state index contributed by atoms with van der Waals surface area (Å²) in [5.41, 5.74) is 1.23. The molecule has 4 heteroatoms. The summed E-state index contributed by atoms with van der Waals surface area (Å²) in [4.78, 5) is 6.74. The van der Waals surface area contributed by atoms with E-state index in [1.807, 2.05) is 14.1 Å². The van der Waals surface area contributed by atoms with Crippen molar-refractivity contribution in [3.05, 3.63) is 23.9 Å². The first kappa shape index (κ1) is 13.3. The van der Waals surface area contributed by atoms with Gasteiger partial charge < -0.3 is 10.2 Å². The number of piperidine rings is 1. The molecule has 1 saturated heterocycles. The van der Waals surface area contributed by atoms with Crippen LogP contribution in [0, 0.1) is 0 Å². The molecule has 90 valence electrons. The maximum absolute atomic E-state index is 4.68. The van der Waals surface area contributed by atoms with Crippen LogP contribution in [0.2, 0.25) is 0 Å². The van der Waals surface area contributed by atoms with Gasteiger partial charge >= 0.3 is 0 Å². The summed E-state index contributed by atoms with van der Waals surface area (Å²) in [7, 11) is 4.07. The first-order chi connectivity index (χ1) is 7.27. The van der Waals surface area contributed by atoms with Crippen LogP contribution in [-0.2, 0) is 0 Å². The van der Waals surface area contributed by atoms with Crippen molar-refractivity contribution in [3.8, 4) is 0 Å². The van der Waals surface area contributed by atoms with Crippen LogP contribution in [0.15, 0.2) is 18.2 Å². The zero-order valence-electron chi connectivity index (χ0n) is 9.94. The Morgan fingerprint density at radius 2 is 2.19 bits per heavy atom. The fourth-order valence-electron chi connectivity index (χ4n) is 2.02. The highest BCUT2D eigenvalue weighted by Crippen LogP contribution is 2.22. The molecule has 1 aromatic heterocycles. The second kappa shape index (κ2) is 6.06. The zero-order valence-corrected chi connectivity index (χ0v) is 10.8. The van der Waals surface area contributed by atoms with Gasteiger partial charge in [-0.2, -0.15) is 0 Å². The number of aromatic nitrogens is 1. The van der Waals surface area contributed by atoms with Crippen molar-refractivity contribution < 1.29 is 0 Å². The van der Waals surface area contributed by atoms with Gasteiger partial charge in [0.15, 0.2) is 0 Å². The van der Waals surface area contributed by atoms with Crippen molar-refractivity contribution in [1.29, 1.82) is 0 Å². The monoisotopic (exact) mass is 241 g/mol. The first-order valence-corrected chi connectivity index (χ1v) is 5.62. The number of nitrogens with zero attached hydrogens (tertiary/aromatic N) is 2. The normalized spacial score (nSPS) is 20.0. The van der Waals surface area contributed by atoms with Gasteiger partial charge in [-0.3, -0.25) is 0 Å². The molecule has 0 radical (unpaired) electrons. The van der Waals surface area contributed by atoms with Gasteiger partial charge in [-0.05, 0) is 31.5 Å². The van der Waals surface area contributed by atoms with E-state index in [-0.39, 0.29) is 12.4 Å². The molecule has 1 atom stereocenters. The van der Waals surface area contributed by atoms with Crippen molar-refractivity contribution in [2.24, 2.45) is 0 Å². The molecule has 1 aliphatic rings. The minimum atomic E-state index is 0. The molecule has 3 nitrogen and oxygen atoms in total. The predicted octanol–water partition coefficient (Wildman–Crippen LogP) is 2.04. The number of hydrogen-bond donors (Lipinski definition) is 1. The van der Waals surface area contributed by atoms with Gasteiger partial charge in [-0.1, -0.05) is 6.07 Å². The number of rotatable bonds is 2. The molecule has 2 heterocycles. The average Bonchev–Trinajstić information content (AvgIpc) is 2.30. The van der Waals surface area contributed by atoms with Crippen LogP contribution in [0.1, 0.15) is 24.5 Å². The highest BCUT2D eigenvalue weighted by Gasteiger charge is 2.16. The van der Waals surface area contributed by atoms with E-state index in [1.54, 1.807) is 0 Å². The summed E-state index contributed by atoms with van der Waals surface area (Å²) in [5, 5.41) is 3.43. The van der Waals surface area contributed by atoms with E-state index in [0.29, 0.717) is 5.92 Å². The van der Waals surface area contributed by atoms with Crippen molar-refractivity contribution in [2.45, 2.75) is 18.8 Å². The second-order valence-corrected chi connectivity index (χ2v) is 4.36. The molecule has 16 heavy (non-hydrogen) atoms. The molecule has 1 fully saturated rings. The summed E-state index contributed by atoms with van der Waals surface area (Å²) in [5.74, 6) is 1.65. The lowest BCUT2D eigenvalue weighted by molar-refractivity contribution is 0.455. The van der Waals surface area contributed by atoms with Crippen LogP contribution >= 0.6 is 12.4 Å². The number of pyridine rings is 1. The molecule has 0 saturated carbocycles. The summed E-state index contributed by atoms with van der Waals surface area (Å²) in [6.07, 6.45) is 2.52. The lowest BCUT2D eigenvalue weighted by Gasteiger charge is -2.23. The van der Waals surface area contributed by atoms with E-state index in [0.717, 1.165) is 18.9 Å². The van der Waals surface area contributed by atoms with Crippen LogP contribution < -0.4 is 10.2 Å². The van der Waals surface area contributed by atoms with Crippen molar-refractivity contribution >= 4 is 18.2 Å². The minimum absolute atomic E-state index is 0. The minimum Gasteiger partial charge on any atom is -0.363 e. The van der Waals surface area contributed by atoms with Crippen molar-refractivity contribution in [2.75, 3.05) is 32.1 Å². The Labute approximate surface area is 104 Å². The second-order valence-electron chi connectivity index (χ2n) is 4.36. The Morgan fingerprint density at radius 1 is 1.38 bits per heavy atom. The van der Waals surface area contributed by atoms with Crippen molar-refractivity contribution in [1.82, 2.24) is 10.3 Å². The van der Waals surface area contributed by atoms with E-state index in [2.05, 4.69) is 33.4 Å². The number of nitrogens with one attached hydrogen (secondary N) is 1. The Morgan fingerprint density at radius 3 is 2.81 bits per heavy atom. The van der Waals surface area contributed by atoms with E-state index >= 15 is 0 Å². The molecule has 0 aliphatic carbocycles. The molecule has 0 aromatic carbocycles. The van der Waals surface area contributed by atoms with Crippen LogP contribution in [-0.4, -0.2) is 32.2 Å². The zero-order chi connectivity index (χ0) is 10.7. The smallest absolute Gasteiger partial charge is 0.128 e. The molecule has 1 N–H and O–H groups in total. The standard InChI is InChI=1S/C12H19N3.ClH/c1-15(2)12-7-3-6-11(14-12)10-5-4-8-13-9-10;/h3,6-7,10,13H,4-5,8-9H2,1-2H3;1H. The first-order valence-electron chi connectivity index (χ1n) is 5.62. The number of anilines is 1. The van der Waals surface area contributed by atoms with Gasteiger partial charge in [0, 0.05) is 32.3 Å². The van der Waals surface area contributed by atoms with Gasteiger partial charge in [0.1, 0.15) is 5.82 Å². The Balaban J connectivity index is 0.00000128. The molecule has 0 amide bonds. The maximum Gasteiger partial charge on any atom is 0.128 e. The van der Waals surface area contributed by atoms with Gasteiger partial charge in [-0.15, -0.1) is 12.4 Å². The molecular weight excluding hydrogens is 222 g/mol. The lowest BCUT2D eigenvalue weighted by Crippen LogP contribution is -2.29. The molecular formula is C12H20ClN3. The molecule has 2 rings (SSSR count). The van der Waals surface area contributed by atoms with E-state index in [9.17, 15) is 0 Å². The fraction of sp³-hybridized carbons (Fsp3) is 0.583.